The van der Waals surface area contributed by atoms with Gasteiger partial charge in [-0.25, -0.2) is 0 Å². The summed E-state index contributed by atoms with van der Waals surface area (Å²) >= 11 is 0. The molecule has 6 heteroatoms. The van der Waals surface area contributed by atoms with Gasteiger partial charge < -0.3 is 14.5 Å². The zero-order chi connectivity index (χ0) is 14.1. The van der Waals surface area contributed by atoms with Crippen molar-refractivity contribution >= 4 is 5.91 Å². The number of hydrogen-bond donors (Lipinski definition) is 1. The molecule has 0 aromatic carbocycles. The maximum absolute atomic E-state index is 12.2. The van der Waals surface area contributed by atoms with Crippen LogP contribution in [-0.2, 0) is 0 Å². The molecular weight excluding hydrogens is 258 g/mol. The van der Waals surface area contributed by atoms with Crippen molar-refractivity contribution in [2.45, 2.75) is 25.9 Å². The van der Waals surface area contributed by atoms with E-state index < -0.39 is 0 Å². The average molecular weight is 279 g/mol. The molecule has 1 aromatic rings. The number of hydrogen-bond acceptors (Lipinski definition) is 5. The van der Waals surface area contributed by atoms with E-state index in [1.165, 1.54) is 0 Å². The Balaban J connectivity index is 1.49. The number of β-amino-alcohol motifs (C(OH)–C–C–N with tert-alkyl or cyclic N) is 1. The Bertz CT molecular complexity index is 476. The molecule has 1 aromatic heterocycles. The van der Waals surface area contributed by atoms with Crippen molar-refractivity contribution in [2.75, 3.05) is 32.7 Å². The summed E-state index contributed by atoms with van der Waals surface area (Å²) in [5.74, 6) is 1.09. The van der Waals surface area contributed by atoms with Gasteiger partial charge in [-0.1, -0.05) is 5.16 Å². The van der Waals surface area contributed by atoms with Crippen molar-refractivity contribution in [3.05, 3.63) is 17.5 Å². The van der Waals surface area contributed by atoms with Crippen LogP contribution in [0.4, 0.5) is 0 Å². The van der Waals surface area contributed by atoms with Gasteiger partial charge in [-0.3, -0.25) is 9.69 Å². The predicted octanol–water partition coefficient (Wildman–Crippen LogP) is 0.512. The Morgan fingerprint density at radius 3 is 2.70 bits per heavy atom. The second-order valence-electron chi connectivity index (χ2n) is 5.82. The van der Waals surface area contributed by atoms with Gasteiger partial charge in [0.1, 0.15) is 5.76 Å². The van der Waals surface area contributed by atoms with E-state index in [0.717, 1.165) is 32.5 Å². The summed E-state index contributed by atoms with van der Waals surface area (Å²) in [7, 11) is 0. The van der Waals surface area contributed by atoms with Gasteiger partial charge >= 0.3 is 0 Å². The molecule has 2 fully saturated rings. The lowest BCUT2D eigenvalue weighted by Gasteiger charge is -2.35. The molecule has 1 aliphatic carbocycles. The van der Waals surface area contributed by atoms with Gasteiger partial charge in [-0.15, -0.1) is 0 Å². The molecule has 2 aliphatic rings. The summed E-state index contributed by atoms with van der Waals surface area (Å²) in [5.41, 5.74) is 0.383. The van der Waals surface area contributed by atoms with Crippen LogP contribution in [0.5, 0.6) is 0 Å². The first kappa shape index (κ1) is 13.6. The minimum atomic E-state index is -0.199. The van der Waals surface area contributed by atoms with Crippen molar-refractivity contribution in [3.8, 4) is 0 Å². The highest BCUT2D eigenvalue weighted by atomic mass is 16.5. The summed E-state index contributed by atoms with van der Waals surface area (Å²) in [4.78, 5) is 16.2. The number of aromatic nitrogens is 1. The number of carbonyl (C=O) groups excluding carboxylic acids is 1. The minimum Gasteiger partial charge on any atom is -0.392 e. The van der Waals surface area contributed by atoms with Crippen LogP contribution in [0.15, 0.2) is 10.6 Å². The topological polar surface area (TPSA) is 69.8 Å². The number of amides is 1. The van der Waals surface area contributed by atoms with Crippen LogP contribution in [0, 0.1) is 12.8 Å². The number of rotatable bonds is 4. The van der Waals surface area contributed by atoms with Crippen molar-refractivity contribution in [1.29, 1.82) is 0 Å². The fraction of sp³-hybridized carbons (Fsp3) is 0.714. The molecule has 6 nitrogen and oxygen atoms in total. The summed E-state index contributed by atoms with van der Waals surface area (Å²) < 4.78 is 4.94. The van der Waals surface area contributed by atoms with Crippen LogP contribution in [0.25, 0.3) is 0 Å². The third kappa shape index (κ3) is 3.02. The van der Waals surface area contributed by atoms with E-state index in [1.54, 1.807) is 17.9 Å². The number of aryl methyl sites for hydroxylation is 1. The maximum atomic E-state index is 12.2. The molecule has 20 heavy (non-hydrogen) atoms. The van der Waals surface area contributed by atoms with Crippen LogP contribution in [-0.4, -0.2) is 64.8 Å². The molecule has 1 N–H and O–H groups in total. The van der Waals surface area contributed by atoms with Gasteiger partial charge in [0.2, 0.25) is 0 Å². The van der Waals surface area contributed by atoms with Crippen molar-refractivity contribution in [3.63, 3.8) is 0 Å². The van der Waals surface area contributed by atoms with E-state index in [9.17, 15) is 9.90 Å². The Hall–Kier alpha value is -1.40. The van der Waals surface area contributed by atoms with E-state index in [4.69, 9.17) is 4.52 Å². The maximum Gasteiger partial charge on any atom is 0.276 e. The predicted molar refractivity (Wildman–Crippen MR) is 72.3 cm³/mol. The number of carbonyl (C=O) groups is 1. The van der Waals surface area contributed by atoms with Crippen LogP contribution >= 0.6 is 0 Å². The highest BCUT2D eigenvalue weighted by molar-refractivity contribution is 5.92. The zero-order valence-electron chi connectivity index (χ0n) is 11.8. The zero-order valence-corrected chi connectivity index (χ0v) is 11.8. The summed E-state index contributed by atoms with van der Waals surface area (Å²) in [6.07, 6.45) is 2.12. The lowest BCUT2D eigenvalue weighted by molar-refractivity contribution is 0.0482. The second-order valence-corrected chi connectivity index (χ2v) is 5.82. The first-order valence-corrected chi connectivity index (χ1v) is 7.26. The summed E-state index contributed by atoms with van der Waals surface area (Å²) in [6.45, 7) is 5.50. The summed E-state index contributed by atoms with van der Waals surface area (Å²) in [6, 6.07) is 1.67. The molecule has 0 unspecified atom stereocenters. The quantitative estimate of drug-likeness (QED) is 0.869. The number of piperazine rings is 1. The average Bonchev–Trinajstić information content (AvgIpc) is 3.21. The molecule has 1 amide bonds. The van der Waals surface area contributed by atoms with Gasteiger partial charge in [0, 0.05) is 38.8 Å². The monoisotopic (exact) mass is 279 g/mol. The van der Waals surface area contributed by atoms with E-state index in [-0.39, 0.29) is 12.0 Å². The van der Waals surface area contributed by atoms with Crippen molar-refractivity contribution < 1.29 is 14.4 Å². The second kappa shape index (κ2) is 5.54. The minimum absolute atomic E-state index is 0.0655. The Morgan fingerprint density at radius 2 is 2.15 bits per heavy atom. The van der Waals surface area contributed by atoms with Crippen LogP contribution in [0.2, 0.25) is 0 Å². The molecular formula is C14H21N3O3. The van der Waals surface area contributed by atoms with Crippen molar-refractivity contribution in [1.82, 2.24) is 15.0 Å². The molecule has 1 aliphatic heterocycles. The van der Waals surface area contributed by atoms with Gasteiger partial charge in [0.25, 0.3) is 5.91 Å². The summed E-state index contributed by atoms with van der Waals surface area (Å²) in [5, 5.41) is 13.7. The first-order valence-electron chi connectivity index (χ1n) is 7.26. The van der Waals surface area contributed by atoms with Gasteiger partial charge in [0.05, 0.1) is 6.10 Å². The van der Waals surface area contributed by atoms with E-state index in [0.29, 0.717) is 30.5 Å². The van der Waals surface area contributed by atoms with Crippen LogP contribution < -0.4 is 0 Å². The van der Waals surface area contributed by atoms with E-state index in [2.05, 4.69) is 10.1 Å². The molecule has 0 bridgehead atoms. The smallest absolute Gasteiger partial charge is 0.276 e. The fourth-order valence-corrected chi connectivity index (χ4v) is 2.66. The third-order valence-electron chi connectivity index (χ3n) is 4.12. The lowest BCUT2D eigenvalue weighted by atomic mass is 10.2. The lowest BCUT2D eigenvalue weighted by Crippen LogP contribution is -2.50. The molecule has 110 valence electrons. The fourth-order valence-electron chi connectivity index (χ4n) is 2.66. The SMILES string of the molecule is Cc1cc(C(=O)N2CCN(C[C@@H](O)C3CC3)CC2)no1. The van der Waals surface area contributed by atoms with Crippen molar-refractivity contribution in [2.24, 2.45) is 5.92 Å². The first-order chi connectivity index (χ1) is 9.63. The molecule has 0 spiro atoms. The largest absolute Gasteiger partial charge is 0.392 e. The highest BCUT2D eigenvalue weighted by Gasteiger charge is 2.32. The standard InChI is InChI=1S/C14H21N3O3/c1-10-8-12(15-20-10)14(19)17-6-4-16(5-7-17)9-13(18)11-2-3-11/h8,11,13,18H,2-7,9H2,1H3/t13-/m1/s1. The van der Waals surface area contributed by atoms with E-state index in [1.807, 2.05) is 0 Å². The van der Waals surface area contributed by atoms with Crippen LogP contribution in [0.3, 0.4) is 0 Å². The highest BCUT2D eigenvalue weighted by Crippen LogP contribution is 2.32. The third-order valence-corrected chi connectivity index (χ3v) is 4.12. The molecule has 1 saturated heterocycles. The molecule has 1 atom stereocenters. The van der Waals surface area contributed by atoms with Gasteiger partial charge in [0.15, 0.2) is 5.69 Å². The number of nitrogens with zero attached hydrogens (tertiary/aromatic N) is 3. The Kier molecular flexibility index (Phi) is 3.76. The molecule has 2 heterocycles. The molecule has 3 rings (SSSR count). The normalized spacial score (nSPS) is 22.0. The molecule has 1 saturated carbocycles. The molecule has 0 radical (unpaired) electrons. The van der Waals surface area contributed by atoms with Crippen LogP contribution in [0.1, 0.15) is 29.1 Å². The number of aliphatic hydroxyl groups excluding tert-OH is 1. The Morgan fingerprint density at radius 1 is 1.45 bits per heavy atom. The Labute approximate surface area is 118 Å². The van der Waals surface area contributed by atoms with Gasteiger partial charge in [-0.05, 0) is 25.7 Å². The van der Waals surface area contributed by atoms with Gasteiger partial charge in [-0.2, -0.15) is 0 Å². The number of aliphatic hydroxyl groups is 1. The van der Waals surface area contributed by atoms with E-state index >= 15 is 0 Å².